The number of hydrogen-bond donors (Lipinski definition) is 2. The van der Waals surface area contributed by atoms with Crippen molar-refractivity contribution in [2.24, 2.45) is 0 Å². The molecule has 0 atom stereocenters. The summed E-state index contributed by atoms with van der Waals surface area (Å²) in [6.45, 7) is 0.529. The number of fused-ring (bicyclic) bond motifs is 1. The molecule has 0 bridgehead atoms. The number of hydrogen-bond acceptors (Lipinski definition) is 5. The van der Waals surface area contributed by atoms with Gasteiger partial charge in [0, 0.05) is 11.9 Å². The van der Waals surface area contributed by atoms with Crippen LogP contribution in [0.5, 0.6) is 0 Å². The summed E-state index contributed by atoms with van der Waals surface area (Å²) in [4.78, 5) is 8.57. The van der Waals surface area contributed by atoms with Crippen molar-refractivity contribution in [2.45, 2.75) is 37.6 Å². The number of sulfonamides is 1. The molecule has 1 saturated carbocycles. The second kappa shape index (κ2) is 6.41. The Bertz CT molecular complexity index is 780. The number of benzene rings is 1. The van der Waals surface area contributed by atoms with Gasteiger partial charge in [0.1, 0.15) is 12.1 Å². The second-order valence-electron chi connectivity index (χ2n) is 6.31. The molecule has 0 spiro atoms. The molecule has 124 valence electrons. The fourth-order valence-corrected chi connectivity index (χ4v) is 4.40. The van der Waals surface area contributed by atoms with Gasteiger partial charge in [-0.25, -0.2) is 23.1 Å². The number of para-hydroxylation sites is 1. The van der Waals surface area contributed by atoms with E-state index in [0.29, 0.717) is 6.54 Å². The van der Waals surface area contributed by atoms with E-state index in [2.05, 4.69) is 20.0 Å². The third-order valence-corrected chi connectivity index (χ3v) is 5.15. The minimum Gasteiger partial charge on any atom is -0.368 e. The van der Waals surface area contributed by atoms with Crippen LogP contribution in [0.3, 0.4) is 0 Å². The van der Waals surface area contributed by atoms with E-state index in [1.54, 1.807) is 0 Å². The summed E-state index contributed by atoms with van der Waals surface area (Å²) in [5.41, 5.74) is 0.441. The topological polar surface area (TPSA) is 84.0 Å². The van der Waals surface area contributed by atoms with Gasteiger partial charge in [0.2, 0.25) is 10.0 Å². The molecule has 6 nitrogen and oxygen atoms in total. The lowest BCUT2D eigenvalue weighted by molar-refractivity contribution is 0.283. The number of nitrogens with one attached hydrogen (secondary N) is 2. The molecule has 1 fully saturated rings. The van der Waals surface area contributed by atoms with Crippen LogP contribution in [0.25, 0.3) is 10.9 Å². The first-order valence-corrected chi connectivity index (χ1v) is 9.79. The van der Waals surface area contributed by atoms with Gasteiger partial charge in [-0.15, -0.1) is 0 Å². The molecule has 0 unspecified atom stereocenters. The van der Waals surface area contributed by atoms with Crippen LogP contribution < -0.4 is 10.0 Å². The minimum absolute atomic E-state index is 0.433. The Labute approximate surface area is 136 Å². The molecule has 1 aromatic carbocycles. The highest BCUT2D eigenvalue weighted by molar-refractivity contribution is 7.88. The fourth-order valence-electron chi connectivity index (χ4n) is 3.34. The van der Waals surface area contributed by atoms with Gasteiger partial charge in [-0.1, -0.05) is 31.4 Å². The van der Waals surface area contributed by atoms with Gasteiger partial charge in [-0.3, -0.25) is 0 Å². The average molecular weight is 334 g/mol. The lowest BCUT2D eigenvalue weighted by atomic mass is 9.82. The van der Waals surface area contributed by atoms with E-state index in [1.807, 2.05) is 24.3 Å². The Kier molecular flexibility index (Phi) is 4.50. The molecule has 1 aliphatic carbocycles. The third kappa shape index (κ3) is 3.97. The predicted octanol–water partition coefficient (Wildman–Crippen LogP) is 2.29. The van der Waals surface area contributed by atoms with Crippen LogP contribution >= 0.6 is 0 Å². The van der Waals surface area contributed by atoms with Crippen molar-refractivity contribution in [3.8, 4) is 0 Å². The molecule has 1 aromatic heterocycles. The van der Waals surface area contributed by atoms with E-state index >= 15 is 0 Å². The van der Waals surface area contributed by atoms with Gasteiger partial charge in [-0.05, 0) is 25.0 Å². The molecule has 1 aliphatic rings. The van der Waals surface area contributed by atoms with Crippen LogP contribution in [-0.2, 0) is 10.0 Å². The Hall–Kier alpha value is -1.73. The molecule has 0 radical (unpaired) electrons. The highest BCUT2D eigenvalue weighted by Gasteiger charge is 2.34. The molecule has 0 amide bonds. The van der Waals surface area contributed by atoms with E-state index < -0.39 is 15.6 Å². The average Bonchev–Trinajstić information content (AvgIpc) is 2.52. The zero-order valence-corrected chi connectivity index (χ0v) is 14.1. The summed E-state index contributed by atoms with van der Waals surface area (Å²) in [5.74, 6) is 0.746. The highest BCUT2D eigenvalue weighted by atomic mass is 32.2. The highest BCUT2D eigenvalue weighted by Crippen LogP contribution is 2.30. The van der Waals surface area contributed by atoms with Gasteiger partial charge in [0.05, 0.1) is 17.3 Å². The number of aromatic nitrogens is 2. The molecule has 23 heavy (non-hydrogen) atoms. The van der Waals surface area contributed by atoms with E-state index in [-0.39, 0.29) is 0 Å². The van der Waals surface area contributed by atoms with Crippen LogP contribution in [-0.4, -0.2) is 36.7 Å². The second-order valence-corrected chi connectivity index (χ2v) is 8.06. The normalized spacial score (nSPS) is 18.0. The summed E-state index contributed by atoms with van der Waals surface area (Å²) in [5, 5.41) is 4.29. The van der Waals surface area contributed by atoms with E-state index in [4.69, 9.17) is 0 Å². The zero-order chi connectivity index (χ0) is 16.3. The van der Waals surface area contributed by atoms with Crippen molar-refractivity contribution in [2.75, 3.05) is 18.1 Å². The minimum atomic E-state index is -3.25. The molecule has 0 saturated heterocycles. The van der Waals surface area contributed by atoms with Crippen LogP contribution in [0.2, 0.25) is 0 Å². The van der Waals surface area contributed by atoms with Crippen LogP contribution in [0.15, 0.2) is 30.6 Å². The zero-order valence-electron chi connectivity index (χ0n) is 13.2. The number of rotatable bonds is 5. The van der Waals surface area contributed by atoms with Gasteiger partial charge in [0.15, 0.2) is 0 Å². The maximum Gasteiger partial charge on any atom is 0.209 e. The van der Waals surface area contributed by atoms with E-state index in [1.165, 1.54) is 12.6 Å². The standard InChI is InChI=1S/C16H22N4O2S/c1-23(21,22)20-16(9-5-2-6-10-16)11-17-15-13-7-3-4-8-14(13)18-12-19-15/h3-4,7-8,12,20H,2,5-6,9-11H2,1H3,(H,17,18,19). The third-order valence-electron chi connectivity index (χ3n) is 4.35. The van der Waals surface area contributed by atoms with Crippen molar-refractivity contribution >= 4 is 26.7 Å². The number of nitrogens with zero attached hydrogens (tertiary/aromatic N) is 2. The van der Waals surface area contributed by atoms with Crippen molar-refractivity contribution in [3.05, 3.63) is 30.6 Å². The largest absolute Gasteiger partial charge is 0.368 e. The molecule has 1 heterocycles. The fraction of sp³-hybridized carbons (Fsp3) is 0.500. The summed E-state index contributed by atoms with van der Waals surface area (Å²) in [7, 11) is -3.25. The smallest absolute Gasteiger partial charge is 0.209 e. The molecule has 3 rings (SSSR count). The van der Waals surface area contributed by atoms with Gasteiger partial charge < -0.3 is 5.32 Å². The van der Waals surface area contributed by atoms with E-state index in [0.717, 1.165) is 48.8 Å². The predicted molar refractivity (Wildman–Crippen MR) is 91.8 cm³/mol. The van der Waals surface area contributed by atoms with Crippen molar-refractivity contribution < 1.29 is 8.42 Å². The van der Waals surface area contributed by atoms with Crippen molar-refractivity contribution in [1.82, 2.24) is 14.7 Å². The van der Waals surface area contributed by atoms with Crippen molar-refractivity contribution in [1.29, 1.82) is 0 Å². The molecular formula is C16H22N4O2S. The molecule has 7 heteroatoms. The quantitative estimate of drug-likeness (QED) is 0.876. The Morgan fingerprint density at radius 3 is 2.61 bits per heavy atom. The van der Waals surface area contributed by atoms with Gasteiger partial charge in [0.25, 0.3) is 0 Å². The SMILES string of the molecule is CS(=O)(=O)NC1(CNc2ncnc3ccccc23)CCCCC1. The summed E-state index contributed by atoms with van der Waals surface area (Å²) in [6.07, 6.45) is 7.67. The molecule has 2 aromatic rings. The first-order chi connectivity index (χ1) is 11.0. The summed E-state index contributed by atoms with van der Waals surface area (Å²) >= 11 is 0. The van der Waals surface area contributed by atoms with Crippen LogP contribution in [0, 0.1) is 0 Å². The molecular weight excluding hydrogens is 312 g/mol. The monoisotopic (exact) mass is 334 g/mol. The lowest BCUT2D eigenvalue weighted by Gasteiger charge is -2.37. The Balaban J connectivity index is 1.83. The van der Waals surface area contributed by atoms with Crippen LogP contribution in [0.4, 0.5) is 5.82 Å². The Morgan fingerprint density at radius 2 is 1.87 bits per heavy atom. The summed E-state index contributed by atoms with van der Waals surface area (Å²) < 4.78 is 26.4. The van der Waals surface area contributed by atoms with Gasteiger partial charge >= 0.3 is 0 Å². The number of anilines is 1. The first-order valence-electron chi connectivity index (χ1n) is 7.90. The lowest BCUT2D eigenvalue weighted by Crippen LogP contribution is -2.53. The molecule has 0 aliphatic heterocycles. The van der Waals surface area contributed by atoms with Gasteiger partial charge in [-0.2, -0.15) is 0 Å². The first kappa shape index (κ1) is 16.1. The van der Waals surface area contributed by atoms with Crippen molar-refractivity contribution in [3.63, 3.8) is 0 Å². The maximum absolute atomic E-state index is 11.8. The Morgan fingerprint density at radius 1 is 1.13 bits per heavy atom. The van der Waals surface area contributed by atoms with Crippen LogP contribution in [0.1, 0.15) is 32.1 Å². The van der Waals surface area contributed by atoms with E-state index in [9.17, 15) is 8.42 Å². The summed E-state index contributed by atoms with van der Waals surface area (Å²) in [6, 6.07) is 7.79. The molecule has 2 N–H and O–H groups in total. The maximum atomic E-state index is 11.8.